The molecule has 3 aromatic rings. The van der Waals surface area contributed by atoms with Crippen LogP contribution >= 0.6 is 0 Å². The lowest BCUT2D eigenvalue weighted by Crippen LogP contribution is -2.14. The lowest BCUT2D eigenvalue weighted by molar-refractivity contribution is 0.607. The number of fused-ring (bicyclic) bond motifs is 1. The van der Waals surface area contributed by atoms with Gasteiger partial charge in [0.05, 0.1) is 5.52 Å². The summed E-state index contributed by atoms with van der Waals surface area (Å²) in [5, 5.41) is 4.75. The van der Waals surface area contributed by atoms with Crippen LogP contribution in [0.3, 0.4) is 0 Å². The van der Waals surface area contributed by atoms with Gasteiger partial charge in [0.2, 0.25) is 0 Å². The van der Waals surface area contributed by atoms with Gasteiger partial charge in [-0.1, -0.05) is 88.4 Å². The first-order chi connectivity index (χ1) is 14.3. The third-order valence-electron chi connectivity index (χ3n) is 5.68. The second-order valence-corrected chi connectivity index (χ2v) is 8.06. The van der Waals surface area contributed by atoms with Crippen molar-refractivity contribution in [3.63, 3.8) is 0 Å². The van der Waals surface area contributed by atoms with E-state index in [1.807, 2.05) is 12.3 Å². The van der Waals surface area contributed by atoms with Gasteiger partial charge in [0.15, 0.2) is 0 Å². The van der Waals surface area contributed by atoms with Crippen LogP contribution in [0.15, 0.2) is 54.7 Å². The van der Waals surface area contributed by atoms with E-state index in [0.717, 1.165) is 25.0 Å². The molecule has 2 heteroatoms. The molecule has 1 N–H and O–H groups in total. The highest BCUT2D eigenvalue weighted by atomic mass is 14.8. The highest BCUT2D eigenvalue weighted by Crippen LogP contribution is 2.30. The van der Waals surface area contributed by atoms with Crippen molar-refractivity contribution in [2.24, 2.45) is 0 Å². The second kappa shape index (κ2) is 11.7. The molecule has 0 amide bonds. The summed E-state index contributed by atoms with van der Waals surface area (Å²) in [6.07, 6.45) is 12.4. The van der Waals surface area contributed by atoms with Crippen LogP contribution in [0, 0.1) is 0 Å². The molecule has 29 heavy (non-hydrogen) atoms. The van der Waals surface area contributed by atoms with Gasteiger partial charge in [0.25, 0.3) is 0 Å². The van der Waals surface area contributed by atoms with Crippen molar-refractivity contribution in [3.8, 4) is 11.1 Å². The van der Waals surface area contributed by atoms with Crippen molar-refractivity contribution in [2.75, 3.05) is 6.54 Å². The van der Waals surface area contributed by atoms with Crippen LogP contribution in [0.25, 0.3) is 22.0 Å². The lowest BCUT2D eigenvalue weighted by atomic mass is 9.96. The van der Waals surface area contributed by atoms with E-state index in [2.05, 4.69) is 61.6 Å². The predicted molar refractivity (Wildman–Crippen MR) is 126 cm³/mol. The fraction of sp³-hybridized carbons (Fsp3) is 0.444. The van der Waals surface area contributed by atoms with Crippen molar-refractivity contribution in [2.45, 2.75) is 71.8 Å². The molecule has 1 heterocycles. The van der Waals surface area contributed by atoms with Gasteiger partial charge in [-0.2, -0.15) is 0 Å². The first-order valence-electron chi connectivity index (χ1n) is 11.5. The molecule has 154 valence electrons. The summed E-state index contributed by atoms with van der Waals surface area (Å²) in [5.74, 6) is 0. The molecular weight excluding hydrogens is 352 g/mol. The molecule has 1 aromatic heterocycles. The molecule has 0 aliphatic heterocycles. The summed E-state index contributed by atoms with van der Waals surface area (Å²) >= 11 is 0. The molecule has 0 radical (unpaired) electrons. The Labute approximate surface area is 176 Å². The molecule has 0 saturated carbocycles. The van der Waals surface area contributed by atoms with Gasteiger partial charge >= 0.3 is 0 Å². The molecule has 0 atom stereocenters. The van der Waals surface area contributed by atoms with Gasteiger partial charge in [0, 0.05) is 18.1 Å². The van der Waals surface area contributed by atoms with Crippen LogP contribution in [0.4, 0.5) is 0 Å². The summed E-state index contributed by atoms with van der Waals surface area (Å²) in [6, 6.07) is 17.9. The highest BCUT2D eigenvalue weighted by Gasteiger charge is 2.09. The van der Waals surface area contributed by atoms with Crippen molar-refractivity contribution in [1.82, 2.24) is 10.3 Å². The Balaban J connectivity index is 1.69. The number of rotatable bonds is 12. The molecule has 0 aliphatic rings. The Morgan fingerprint density at radius 1 is 0.793 bits per heavy atom. The molecule has 0 unspecified atom stereocenters. The monoisotopic (exact) mass is 388 g/mol. The topological polar surface area (TPSA) is 24.9 Å². The minimum atomic E-state index is 0.874. The first-order valence-corrected chi connectivity index (χ1v) is 11.5. The van der Waals surface area contributed by atoms with E-state index in [1.54, 1.807) is 0 Å². The number of nitrogens with zero attached hydrogens (tertiary/aromatic N) is 1. The zero-order chi connectivity index (χ0) is 20.3. The van der Waals surface area contributed by atoms with E-state index < -0.39 is 0 Å². The number of hydrogen-bond acceptors (Lipinski definition) is 2. The van der Waals surface area contributed by atoms with Gasteiger partial charge in [-0.3, -0.25) is 4.98 Å². The number of hydrogen-bond donors (Lipinski definition) is 1. The predicted octanol–water partition coefficient (Wildman–Crippen LogP) is 7.30. The summed E-state index contributed by atoms with van der Waals surface area (Å²) in [6.45, 7) is 6.38. The maximum atomic E-state index is 4.69. The Bertz CT molecular complexity index is 867. The summed E-state index contributed by atoms with van der Waals surface area (Å²) in [5.41, 5.74) is 6.40. The molecule has 0 aliphatic carbocycles. The maximum Gasteiger partial charge on any atom is 0.0753 e. The smallest absolute Gasteiger partial charge is 0.0753 e. The van der Waals surface area contributed by atoms with Crippen LogP contribution in [-0.4, -0.2) is 11.5 Å². The fourth-order valence-corrected chi connectivity index (χ4v) is 3.99. The third kappa shape index (κ3) is 6.14. The molecular formula is C27H36N2. The number of benzene rings is 2. The van der Waals surface area contributed by atoms with E-state index in [1.165, 1.54) is 72.6 Å². The van der Waals surface area contributed by atoms with Gasteiger partial charge in [-0.25, -0.2) is 0 Å². The third-order valence-corrected chi connectivity index (χ3v) is 5.68. The molecule has 2 nitrogen and oxygen atoms in total. The zero-order valence-electron chi connectivity index (χ0n) is 18.2. The number of unbranched alkanes of at least 4 members (excludes halogenated alkanes) is 5. The molecule has 3 rings (SSSR count). The summed E-state index contributed by atoms with van der Waals surface area (Å²) in [4.78, 5) is 4.69. The minimum absolute atomic E-state index is 0.874. The Hall–Kier alpha value is -2.19. The Kier molecular flexibility index (Phi) is 8.70. The second-order valence-electron chi connectivity index (χ2n) is 8.06. The normalized spacial score (nSPS) is 11.2. The number of nitrogens with one attached hydrogen (secondary N) is 1. The van der Waals surface area contributed by atoms with Crippen LogP contribution in [0.1, 0.15) is 69.9 Å². The molecule has 0 bridgehead atoms. The SMILES string of the molecule is CCCCCCCCc1ccc(-c2ccc(CNCCC)c3ncccc23)cc1. The van der Waals surface area contributed by atoms with Gasteiger partial charge in [-0.15, -0.1) is 0 Å². The van der Waals surface area contributed by atoms with Crippen molar-refractivity contribution >= 4 is 10.9 Å². The van der Waals surface area contributed by atoms with Crippen molar-refractivity contribution in [3.05, 3.63) is 65.9 Å². The number of aromatic nitrogens is 1. The largest absolute Gasteiger partial charge is 0.313 e. The number of pyridine rings is 1. The van der Waals surface area contributed by atoms with Crippen molar-refractivity contribution in [1.29, 1.82) is 0 Å². The van der Waals surface area contributed by atoms with Crippen LogP contribution in [0.5, 0.6) is 0 Å². The fourth-order valence-electron chi connectivity index (χ4n) is 3.99. The standard InChI is InChI=1S/C27H36N2/c1-3-5-6-7-8-9-11-22-13-15-23(16-14-22)25-18-17-24(21-28-19-4-2)27-26(25)12-10-20-29-27/h10,12-18,20,28H,3-9,11,19,21H2,1-2H3. The van der Waals surface area contributed by atoms with E-state index in [-0.39, 0.29) is 0 Å². The summed E-state index contributed by atoms with van der Waals surface area (Å²) < 4.78 is 0. The summed E-state index contributed by atoms with van der Waals surface area (Å²) in [7, 11) is 0. The number of aryl methyl sites for hydroxylation is 1. The molecule has 0 fully saturated rings. The highest BCUT2D eigenvalue weighted by molar-refractivity contribution is 5.96. The average Bonchev–Trinajstić information content (AvgIpc) is 2.77. The van der Waals surface area contributed by atoms with Crippen molar-refractivity contribution < 1.29 is 0 Å². The Morgan fingerprint density at radius 3 is 2.38 bits per heavy atom. The Morgan fingerprint density at radius 2 is 1.59 bits per heavy atom. The van der Waals surface area contributed by atoms with Crippen LogP contribution < -0.4 is 5.32 Å². The van der Waals surface area contributed by atoms with E-state index in [4.69, 9.17) is 4.98 Å². The molecule has 2 aromatic carbocycles. The van der Waals surface area contributed by atoms with E-state index in [0.29, 0.717) is 0 Å². The quantitative estimate of drug-likeness (QED) is 0.329. The maximum absolute atomic E-state index is 4.69. The van der Waals surface area contributed by atoms with Crippen LogP contribution in [0.2, 0.25) is 0 Å². The van der Waals surface area contributed by atoms with Gasteiger partial charge < -0.3 is 5.32 Å². The average molecular weight is 389 g/mol. The lowest BCUT2D eigenvalue weighted by Gasteiger charge is -2.12. The van der Waals surface area contributed by atoms with Gasteiger partial charge in [-0.05, 0) is 54.1 Å². The van der Waals surface area contributed by atoms with E-state index in [9.17, 15) is 0 Å². The van der Waals surface area contributed by atoms with Gasteiger partial charge in [0.1, 0.15) is 0 Å². The van der Waals surface area contributed by atoms with Crippen LogP contribution in [-0.2, 0) is 13.0 Å². The molecule has 0 saturated heterocycles. The molecule has 0 spiro atoms. The first kappa shape index (κ1) is 21.5. The zero-order valence-corrected chi connectivity index (χ0v) is 18.2. The van der Waals surface area contributed by atoms with E-state index >= 15 is 0 Å². The minimum Gasteiger partial charge on any atom is -0.313 e.